The quantitative estimate of drug-likeness (QED) is 0.468. The van der Waals surface area contributed by atoms with Crippen molar-refractivity contribution in [3.8, 4) is 5.75 Å². The van der Waals surface area contributed by atoms with E-state index in [0.29, 0.717) is 16.3 Å². The smallest absolute Gasteiger partial charge is 0.206 e. The van der Waals surface area contributed by atoms with E-state index in [4.69, 9.17) is 22.1 Å². The number of nitrogens with one attached hydrogen (secondary N) is 1. The number of nitrogens with two attached hydrogens (primary N) is 1. The summed E-state index contributed by atoms with van der Waals surface area (Å²) in [7, 11) is 0. The summed E-state index contributed by atoms with van der Waals surface area (Å²) in [6.07, 6.45) is 6.68. The molecule has 2 aliphatic heterocycles. The van der Waals surface area contributed by atoms with Crippen molar-refractivity contribution in [1.29, 1.82) is 0 Å². The Kier molecular flexibility index (Phi) is 4.71. The van der Waals surface area contributed by atoms with Crippen molar-refractivity contribution >= 4 is 40.6 Å². The summed E-state index contributed by atoms with van der Waals surface area (Å²) in [4.78, 5) is 24.2. The molecule has 4 aromatic rings. The van der Waals surface area contributed by atoms with Crippen LogP contribution in [-0.4, -0.2) is 43.6 Å². The molecule has 0 bridgehead atoms. The summed E-state index contributed by atoms with van der Waals surface area (Å²) in [6, 6.07) is 9.81. The van der Waals surface area contributed by atoms with Gasteiger partial charge in [0.25, 0.3) is 0 Å². The van der Waals surface area contributed by atoms with Crippen molar-refractivity contribution in [2.24, 2.45) is 5.73 Å². The van der Waals surface area contributed by atoms with Crippen LogP contribution in [0.3, 0.4) is 0 Å². The average molecular weight is 466 g/mol. The molecule has 2 aliphatic rings. The minimum Gasteiger partial charge on any atom is -0.485 e. The first-order valence-corrected chi connectivity index (χ1v) is 11.6. The summed E-state index contributed by atoms with van der Waals surface area (Å²) in [5.74, 6) is 1.67. The second kappa shape index (κ2) is 7.61. The molecule has 1 saturated heterocycles. The highest BCUT2D eigenvalue weighted by atomic mass is 35.5. The number of fused-ring (bicyclic) bond motifs is 2. The van der Waals surface area contributed by atoms with Gasteiger partial charge in [-0.2, -0.15) is 4.98 Å². The Morgan fingerprint density at radius 1 is 1.16 bits per heavy atom. The largest absolute Gasteiger partial charge is 0.485 e. The number of imidazole rings is 1. The normalized spacial score (nSPS) is 19.3. The minimum atomic E-state index is -0.351. The van der Waals surface area contributed by atoms with Gasteiger partial charge in [0.2, 0.25) is 5.95 Å². The lowest BCUT2D eigenvalue weighted by Crippen LogP contribution is -2.51. The van der Waals surface area contributed by atoms with Gasteiger partial charge in [-0.3, -0.25) is 4.98 Å². The number of rotatable bonds is 3. The van der Waals surface area contributed by atoms with Gasteiger partial charge >= 0.3 is 0 Å². The predicted octanol–water partition coefficient (Wildman–Crippen LogP) is 3.98. The van der Waals surface area contributed by atoms with Gasteiger partial charge in [-0.25, -0.2) is 9.97 Å². The highest BCUT2D eigenvalue weighted by molar-refractivity contribution is 7.99. The lowest BCUT2D eigenvalue weighted by Gasteiger charge is -2.40. The van der Waals surface area contributed by atoms with Crippen LogP contribution in [0, 0.1) is 0 Å². The molecular formula is C22H20ClN7OS. The minimum absolute atomic E-state index is 0.112. The molecule has 10 heteroatoms. The van der Waals surface area contributed by atoms with E-state index in [1.54, 1.807) is 18.6 Å². The van der Waals surface area contributed by atoms with Gasteiger partial charge in [-0.05, 0) is 12.1 Å². The van der Waals surface area contributed by atoms with Crippen LogP contribution in [0.15, 0.2) is 58.8 Å². The number of halogens is 1. The van der Waals surface area contributed by atoms with Crippen LogP contribution >= 0.6 is 23.4 Å². The highest BCUT2D eigenvalue weighted by Crippen LogP contribution is 2.47. The summed E-state index contributed by atoms with van der Waals surface area (Å²) in [5, 5.41) is 1.32. The molecular weight excluding hydrogens is 446 g/mol. The molecule has 32 heavy (non-hydrogen) atoms. The Morgan fingerprint density at radius 3 is 2.81 bits per heavy atom. The van der Waals surface area contributed by atoms with Gasteiger partial charge in [-0.1, -0.05) is 41.6 Å². The number of pyridine rings is 1. The maximum Gasteiger partial charge on any atom is 0.206 e. The molecule has 1 aromatic carbocycles. The van der Waals surface area contributed by atoms with Crippen LogP contribution in [0.5, 0.6) is 5.75 Å². The van der Waals surface area contributed by atoms with Crippen molar-refractivity contribution in [2.45, 2.75) is 34.4 Å². The summed E-state index contributed by atoms with van der Waals surface area (Å²) < 4.78 is 6.35. The first kappa shape index (κ1) is 19.8. The van der Waals surface area contributed by atoms with Crippen molar-refractivity contribution in [1.82, 2.24) is 24.9 Å². The van der Waals surface area contributed by atoms with E-state index in [9.17, 15) is 0 Å². The van der Waals surface area contributed by atoms with E-state index >= 15 is 0 Å². The number of piperidine rings is 1. The number of aromatic nitrogens is 5. The third-order valence-electron chi connectivity index (χ3n) is 6.17. The first-order chi connectivity index (χ1) is 15.6. The maximum absolute atomic E-state index is 6.59. The topological polar surface area (TPSA) is 106 Å². The second-order valence-electron chi connectivity index (χ2n) is 8.02. The summed E-state index contributed by atoms with van der Waals surface area (Å²) >= 11 is 7.66. The van der Waals surface area contributed by atoms with Crippen LogP contribution in [0.25, 0.3) is 11.3 Å². The Hall–Kier alpha value is -2.88. The van der Waals surface area contributed by atoms with E-state index in [2.05, 4.69) is 35.9 Å². The van der Waals surface area contributed by atoms with Gasteiger partial charge in [0.1, 0.15) is 16.4 Å². The third kappa shape index (κ3) is 3.28. The van der Waals surface area contributed by atoms with Gasteiger partial charge in [-0.15, -0.1) is 0 Å². The molecule has 8 nitrogen and oxygen atoms in total. The van der Waals surface area contributed by atoms with Crippen molar-refractivity contribution in [2.75, 3.05) is 18.0 Å². The van der Waals surface area contributed by atoms with Crippen molar-refractivity contribution in [3.05, 3.63) is 59.5 Å². The second-order valence-corrected chi connectivity index (χ2v) is 9.49. The Labute approximate surface area is 193 Å². The molecule has 0 aliphatic carbocycles. The first-order valence-electron chi connectivity index (χ1n) is 10.4. The zero-order chi connectivity index (χ0) is 21.7. The molecule has 0 amide bonds. The van der Waals surface area contributed by atoms with Gasteiger partial charge in [0.05, 0.1) is 17.3 Å². The molecule has 5 heterocycles. The highest BCUT2D eigenvalue weighted by Gasteiger charge is 2.48. The lowest BCUT2D eigenvalue weighted by molar-refractivity contribution is 0.0430. The molecule has 1 spiro atoms. The molecule has 0 unspecified atom stereocenters. The molecule has 3 N–H and O–H groups in total. The molecule has 0 saturated carbocycles. The molecule has 1 fully saturated rings. The SMILES string of the molecule is N[C@@H]1c2ccccc2OC12CCN(c1nc3ncc(Sc4ccncc4Cl)nc3[nH]1)CC2. The zero-order valence-corrected chi connectivity index (χ0v) is 18.6. The molecule has 1 atom stereocenters. The van der Waals surface area contributed by atoms with Gasteiger partial charge in [0.15, 0.2) is 11.3 Å². The number of benzene rings is 1. The van der Waals surface area contributed by atoms with Crippen LogP contribution in [0.1, 0.15) is 24.4 Å². The van der Waals surface area contributed by atoms with E-state index in [0.717, 1.165) is 53.1 Å². The number of nitrogens with zero attached hydrogens (tertiary/aromatic N) is 5. The summed E-state index contributed by atoms with van der Waals surface area (Å²) in [6.45, 7) is 1.57. The maximum atomic E-state index is 6.59. The van der Waals surface area contributed by atoms with E-state index in [-0.39, 0.29) is 11.6 Å². The summed E-state index contributed by atoms with van der Waals surface area (Å²) in [5.41, 5.74) is 8.57. The average Bonchev–Trinajstić information content (AvgIpc) is 3.35. The molecule has 0 radical (unpaired) electrons. The van der Waals surface area contributed by atoms with Gasteiger partial charge < -0.3 is 20.4 Å². The van der Waals surface area contributed by atoms with Crippen LogP contribution in [-0.2, 0) is 0 Å². The zero-order valence-electron chi connectivity index (χ0n) is 17.0. The van der Waals surface area contributed by atoms with E-state index < -0.39 is 0 Å². The van der Waals surface area contributed by atoms with Crippen LogP contribution in [0.4, 0.5) is 5.95 Å². The molecule has 162 valence electrons. The fraction of sp³-hybridized carbons (Fsp3) is 0.273. The van der Waals surface area contributed by atoms with Crippen molar-refractivity contribution in [3.63, 3.8) is 0 Å². The Balaban J connectivity index is 1.19. The lowest BCUT2D eigenvalue weighted by atomic mass is 9.83. The van der Waals surface area contributed by atoms with Gasteiger partial charge in [0, 0.05) is 48.8 Å². The number of H-pyrrole nitrogens is 1. The molecule has 3 aromatic heterocycles. The monoisotopic (exact) mass is 465 g/mol. The number of para-hydroxylation sites is 1. The van der Waals surface area contributed by atoms with Crippen LogP contribution < -0.4 is 15.4 Å². The number of hydrogen-bond acceptors (Lipinski definition) is 8. The Morgan fingerprint density at radius 2 is 2.00 bits per heavy atom. The Bertz CT molecular complexity index is 1300. The number of aromatic amines is 1. The van der Waals surface area contributed by atoms with Crippen LogP contribution in [0.2, 0.25) is 5.02 Å². The molecule has 6 rings (SSSR count). The fourth-order valence-electron chi connectivity index (χ4n) is 4.43. The van der Waals surface area contributed by atoms with E-state index in [1.807, 2.05) is 24.3 Å². The number of anilines is 1. The van der Waals surface area contributed by atoms with Crippen molar-refractivity contribution < 1.29 is 4.74 Å². The number of hydrogen-bond donors (Lipinski definition) is 2. The number of ether oxygens (including phenoxy) is 1. The van der Waals surface area contributed by atoms with E-state index in [1.165, 1.54) is 11.8 Å². The third-order valence-corrected chi connectivity index (χ3v) is 7.56. The fourth-order valence-corrected chi connectivity index (χ4v) is 5.41. The predicted molar refractivity (Wildman–Crippen MR) is 123 cm³/mol. The standard InChI is InChI=1S/C22H20ClN7OS/c23-14-11-25-8-5-16(14)32-17-12-26-19-20(27-17)29-21(28-19)30-9-6-22(7-10-30)18(24)13-3-1-2-4-15(13)31-22/h1-5,8,11-12,18H,6-7,9-10,24H2,(H,26,27,28,29)/t18-/m1/s1.